The van der Waals surface area contributed by atoms with Gasteiger partial charge in [0.15, 0.2) is 13.2 Å². The molecule has 3 N–H and O–H groups in total. The molecule has 2 bridgehead atoms. The monoisotopic (exact) mass is 526 g/mol. The molecule has 0 aromatic heterocycles. The molecule has 0 saturated heterocycles. The number of fused-ring (bicyclic) bond motifs is 4. The van der Waals surface area contributed by atoms with Crippen molar-refractivity contribution >= 4 is 34.2 Å². The maximum atomic E-state index is 13.6. The van der Waals surface area contributed by atoms with E-state index < -0.39 is 23.0 Å². The summed E-state index contributed by atoms with van der Waals surface area (Å²) >= 11 is 5.67. The van der Waals surface area contributed by atoms with E-state index >= 15 is 0 Å². The number of nitrogens with one attached hydrogen (secondary N) is 2. The minimum atomic E-state index is -0.814. The maximum Gasteiger partial charge on any atom is 0.258 e. The molecule has 2 amide bonds. The first kappa shape index (κ1) is 25.3. The molecule has 0 heterocycles. The highest BCUT2D eigenvalue weighted by molar-refractivity contribution is 6.30. The van der Waals surface area contributed by atoms with Gasteiger partial charge in [0.25, 0.3) is 11.8 Å². The van der Waals surface area contributed by atoms with Crippen LogP contribution in [0.15, 0.2) is 60.7 Å². The van der Waals surface area contributed by atoms with Gasteiger partial charge < -0.3 is 25.2 Å². The standard InChI is InChI=1S/C28H28ClFN2O5/c29-22-8-7-21(14-23(22)30)37-16-25(34)31-27-9-11-28(12-10-27,24(33)15-27)32-26(35)17-36-20-6-5-18-3-1-2-4-19(18)13-20/h1-8,13-14,24,33H,9-12,15-17H2,(H,31,34)(H,32,35)/t24-,27?,28?/m0/s1. The molecule has 0 spiro atoms. The zero-order chi connectivity index (χ0) is 26.0. The molecule has 37 heavy (non-hydrogen) atoms. The molecule has 3 aromatic rings. The molecular formula is C28H28ClFN2O5. The van der Waals surface area contributed by atoms with Crippen LogP contribution in [0.3, 0.4) is 0 Å². The van der Waals surface area contributed by atoms with Crippen molar-refractivity contribution < 1.29 is 28.6 Å². The lowest BCUT2D eigenvalue weighted by molar-refractivity contribution is -0.137. The van der Waals surface area contributed by atoms with Crippen LogP contribution >= 0.6 is 11.6 Å². The third-order valence-corrected chi connectivity index (χ3v) is 7.77. The lowest BCUT2D eigenvalue weighted by Crippen LogP contribution is -2.70. The summed E-state index contributed by atoms with van der Waals surface area (Å²) in [7, 11) is 0. The Hall–Kier alpha value is -3.36. The van der Waals surface area contributed by atoms with Gasteiger partial charge in [-0.05, 0) is 67.1 Å². The van der Waals surface area contributed by atoms with Gasteiger partial charge in [-0.2, -0.15) is 0 Å². The van der Waals surface area contributed by atoms with E-state index in [2.05, 4.69) is 10.6 Å². The van der Waals surface area contributed by atoms with Crippen LogP contribution in [-0.4, -0.2) is 47.3 Å². The Kier molecular flexibility index (Phi) is 6.96. The van der Waals surface area contributed by atoms with E-state index in [1.165, 1.54) is 12.1 Å². The number of halogens is 2. The Morgan fingerprint density at radius 3 is 2.19 bits per heavy atom. The van der Waals surface area contributed by atoms with Gasteiger partial charge in [-0.15, -0.1) is 0 Å². The summed E-state index contributed by atoms with van der Waals surface area (Å²) in [5.41, 5.74) is -1.31. The van der Waals surface area contributed by atoms with E-state index in [9.17, 15) is 19.1 Å². The summed E-state index contributed by atoms with van der Waals surface area (Å²) in [5, 5.41) is 19.0. The first-order chi connectivity index (χ1) is 17.8. The molecule has 3 aromatic carbocycles. The molecule has 7 nitrogen and oxygen atoms in total. The normalized spacial score (nSPS) is 24.5. The van der Waals surface area contributed by atoms with Crippen molar-refractivity contribution in [3.63, 3.8) is 0 Å². The van der Waals surface area contributed by atoms with Crippen molar-refractivity contribution in [3.8, 4) is 11.5 Å². The Balaban J connectivity index is 1.12. The molecule has 6 rings (SSSR count). The van der Waals surface area contributed by atoms with Crippen LogP contribution in [0.5, 0.6) is 11.5 Å². The first-order valence-corrected chi connectivity index (χ1v) is 12.6. The number of aliphatic hydroxyl groups excluding tert-OH is 1. The maximum absolute atomic E-state index is 13.6. The van der Waals surface area contributed by atoms with Gasteiger partial charge in [0.2, 0.25) is 0 Å². The fraction of sp³-hybridized carbons (Fsp3) is 0.357. The number of ether oxygens (including phenoxy) is 2. The van der Waals surface area contributed by atoms with Crippen LogP contribution in [-0.2, 0) is 9.59 Å². The number of amides is 2. The number of carbonyl (C=O) groups is 2. The van der Waals surface area contributed by atoms with E-state index in [4.69, 9.17) is 21.1 Å². The van der Waals surface area contributed by atoms with Gasteiger partial charge >= 0.3 is 0 Å². The van der Waals surface area contributed by atoms with Crippen LogP contribution in [0.1, 0.15) is 32.1 Å². The quantitative estimate of drug-likeness (QED) is 0.410. The summed E-state index contributed by atoms with van der Waals surface area (Å²) in [6.45, 7) is -0.440. The number of rotatable bonds is 8. The van der Waals surface area contributed by atoms with Crippen molar-refractivity contribution in [3.05, 3.63) is 71.5 Å². The minimum Gasteiger partial charge on any atom is -0.484 e. The van der Waals surface area contributed by atoms with Crippen molar-refractivity contribution in [1.29, 1.82) is 0 Å². The molecule has 194 valence electrons. The number of hydrogen-bond acceptors (Lipinski definition) is 5. The highest BCUT2D eigenvalue weighted by atomic mass is 35.5. The predicted octanol–water partition coefficient (Wildman–Crippen LogP) is 4.14. The van der Waals surface area contributed by atoms with Gasteiger partial charge in [-0.25, -0.2) is 4.39 Å². The molecule has 0 radical (unpaired) electrons. The SMILES string of the molecule is O=C(COc1ccc(Cl)c(F)c1)NC12CCC(NC(=O)COc3ccc4ccccc4c3)(CC1)[C@@H](O)C2. The summed E-state index contributed by atoms with van der Waals surface area (Å²) in [6, 6.07) is 17.5. The lowest BCUT2D eigenvalue weighted by Gasteiger charge is -2.56. The highest BCUT2D eigenvalue weighted by Gasteiger charge is 2.55. The molecule has 3 saturated carbocycles. The fourth-order valence-corrected chi connectivity index (χ4v) is 5.55. The molecule has 0 aliphatic heterocycles. The van der Waals surface area contributed by atoms with Crippen LogP contribution in [0.2, 0.25) is 5.02 Å². The van der Waals surface area contributed by atoms with Crippen molar-refractivity contribution in [2.24, 2.45) is 0 Å². The number of hydrogen-bond donors (Lipinski definition) is 3. The van der Waals surface area contributed by atoms with Crippen LogP contribution < -0.4 is 20.1 Å². The smallest absolute Gasteiger partial charge is 0.258 e. The second-order valence-corrected chi connectivity index (χ2v) is 10.3. The average molecular weight is 527 g/mol. The fourth-order valence-electron chi connectivity index (χ4n) is 5.43. The van der Waals surface area contributed by atoms with E-state index in [0.717, 1.165) is 16.8 Å². The summed E-state index contributed by atoms with van der Waals surface area (Å²) in [5.74, 6) is -0.472. The van der Waals surface area contributed by atoms with Crippen LogP contribution in [0.25, 0.3) is 10.8 Å². The molecule has 3 fully saturated rings. The van der Waals surface area contributed by atoms with Gasteiger partial charge in [0, 0.05) is 11.6 Å². The van der Waals surface area contributed by atoms with Gasteiger partial charge in [-0.1, -0.05) is 41.9 Å². The van der Waals surface area contributed by atoms with E-state index in [-0.39, 0.29) is 35.8 Å². The summed E-state index contributed by atoms with van der Waals surface area (Å²) in [4.78, 5) is 25.3. The van der Waals surface area contributed by atoms with Gasteiger partial charge in [-0.3, -0.25) is 9.59 Å². The highest BCUT2D eigenvalue weighted by Crippen LogP contribution is 2.47. The molecule has 9 heteroatoms. The third kappa shape index (κ3) is 5.50. The topological polar surface area (TPSA) is 96.9 Å². The summed E-state index contributed by atoms with van der Waals surface area (Å²) < 4.78 is 24.7. The second-order valence-electron chi connectivity index (χ2n) is 9.91. The van der Waals surface area contributed by atoms with Crippen LogP contribution in [0.4, 0.5) is 4.39 Å². The van der Waals surface area contributed by atoms with Crippen molar-refractivity contribution in [1.82, 2.24) is 10.6 Å². The second kappa shape index (κ2) is 10.2. The largest absolute Gasteiger partial charge is 0.484 e. The van der Waals surface area contributed by atoms with Gasteiger partial charge in [0.05, 0.1) is 16.7 Å². The third-order valence-electron chi connectivity index (χ3n) is 7.47. The van der Waals surface area contributed by atoms with Gasteiger partial charge in [0.1, 0.15) is 17.3 Å². The van der Waals surface area contributed by atoms with Crippen molar-refractivity contribution in [2.75, 3.05) is 13.2 Å². The molecule has 1 atom stereocenters. The Labute approximate surface area is 218 Å². The van der Waals surface area contributed by atoms with Crippen LogP contribution in [0, 0.1) is 5.82 Å². The zero-order valence-corrected chi connectivity index (χ0v) is 20.9. The molecule has 3 aliphatic rings. The minimum absolute atomic E-state index is 0.0232. The Morgan fingerprint density at radius 1 is 0.892 bits per heavy atom. The van der Waals surface area contributed by atoms with E-state index in [1.807, 2.05) is 42.5 Å². The first-order valence-electron chi connectivity index (χ1n) is 12.3. The zero-order valence-electron chi connectivity index (χ0n) is 20.1. The molecule has 0 unspecified atom stereocenters. The number of benzene rings is 3. The van der Waals surface area contributed by atoms with E-state index in [1.54, 1.807) is 0 Å². The Bertz CT molecular complexity index is 1320. The van der Waals surface area contributed by atoms with Crippen molar-refractivity contribution in [2.45, 2.75) is 49.3 Å². The van der Waals surface area contributed by atoms with E-state index in [0.29, 0.717) is 37.9 Å². The average Bonchev–Trinajstić information content (AvgIpc) is 2.89. The number of aliphatic hydroxyl groups is 1. The molecule has 3 aliphatic carbocycles. The Morgan fingerprint density at radius 2 is 1.51 bits per heavy atom. The summed E-state index contributed by atoms with van der Waals surface area (Å²) in [6.07, 6.45) is 1.78. The number of carbonyl (C=O) groups excluding carboxylic acids is 2. The lowest BCUT2D eigenvalue weighted by atomic mass is 9.60. The predicted molar refractivity (Wildman–Crippen MR) is 137 cm³/mol. The molecular weight excluding hydrogens is 499 g/mol.